The SMILES string of the molecule is CCC(C)(C)N1CCN2CCC1CC2. The summed E-state index contributed by atoms with van der Waals surface area (Å²) in [4.78, 5) is 5.39. The summed E-state index contributed by atoms with van der Waals surface area (Å²) in [5, 5.41) is 0. The minimum Gasteiger partial charge on any atom is -0.302 e. The molecule has 2 heteroatoms. The Kier molecular flexibility index (Phi) is 2.85. The number of fused-ring (bicyclic) bond motifs is 4. The van der Waals surface area contributed by atoms with Crippen molar-refractivity contribution in [3.05, 3.63) is 0 Å². The van der Waals surface area contributed by atoms with Crippen molar-refractivity contribution in [2.75, 3.05) is 26.2 Å². The maximum absolute atomic E-state index is 2.76. The Morgan fingerprint density at radius 1 is 1.07 bits per heavy atom. The topological polar surface area (TPSA) is 6.48 Å². The molecule has 14 heavy (non-hydrogen) atoms. The molecule has 0 aromatic heterocycles. The molecule has 3 aliphatic rings. The van der Waals surface area contributed by atoms with Crippen LogP contribution in [0.5, 0.6) is 0 Å². The van der Waals surface area contributed by atoms with Crippen LogP contribution in [0.1, 0.15) is 40.0 Å². The molecular weight excluding hydrogens is 172 g/mol. The third kappa shape index (κ3) is 1.82. The van der Waals surface area contributed by atoms with E-state index in [0.29, 0.717) is 5.54 Å². The maximum Gasteiger partial charge on any atom is 0.0154 e. The second kappa shape index (κ2) is 3.82. The molecule has 0 atom stereocenters. The zero-order chi connectivity index (χ0) is 10.2. The first kappa shape index (κ1) is 10.4. The molecule has 2 nitrogen and oxygen atoms in total. The Hall–Kier alpha value is -0.0800. The van der Waals surface area contributed by atoms with Crippen LogP contribution >= 0.6 is 0 Å². The molecule has 0 unspecified atom stereocenters. The molecule has 0 aromatic carbocycles. The van der Waals surface area contributed by atoms with Crippen molar-refractivity contribution < 1.29 is 0 Å². The quantitative estimate of drug-likeness (QED) is 0.666. The van der Waals surface area contributed by atoms with Crippen LogP contribution in [0.15, 0.2) is 0 Å². The number of rotatable bonds is 2. The van der Waals surface area contributed by atoms with Crippen molar-refractivity contribution in [2.45, 2.75) is 51.6 Å². The minimum atomic E-state index is 0.408. The average Bonchev–Trinajstić information content (AvgIpc) is 2.51. The summed E-state index contributed by atoms with van der Waals surface area (Å²) in [5.74, 6) is 0. The summed E-state index contributed by atoms with van der Waals surface area (Å²) in [6.45, 7) is 12.4. The lowest BCUT2D eigenvalue weighted by molar-refractivity contribution is 0.0690. The van der Waals surface area contributed by atoms with Crippen LogP contribution in [0.2, 0.25) is 0 Å². The highest BCUT2D eigenvalue weighted by Crippen LogP contribution is 2.29. The van der Waals surface area contributed by atoms with Gasteiger partial charge in [0.2, 0.25) is 0 Å². The summed E-state index contributed by atoms with van der Waals surface area (Å²) < 4.78 is 0. The molecule has 0 saturated carbocycles. The highest BCUT2D eigenvalue weighted by molar-refractivity contribution is 4.92. The van der Waals surface area contributed by atoms with Gasteiger partial charge in [-0.3, -0.25) is 4.90 Å². The third-order valence-electron chi connectivity index (χ3n) is 4.30. The second-order valence-corrected chi connectivity index (χ2v) is 5.43. The van der Waals surface area contributed by atoms with Gasteiger partial charge in [0, 0.05) is 24.7 Å². The van der Waals surface area contributed by atoms with Gasteiger partial charge < -0.3 is 4.90 Å². The molecule has 3 aliphatic heterocycles. The Morgan fingerprint density at radius 3 is 2.29 bits per heavy atom. The van der Waals surface area contributed by atoms with Crippen molar-refractivity contribution in [1.29, 1.82) is 0 Å². The maximum atomic E-state index is 2.76. The van der Waals surface area contributed by atoms with Crippen molar-refractivity contribution in [1.82, 2.24) is 9.80 Å². The Labute approximate surface area is 88.3 Å². The van der Waals surface area contributed by atoms with E-state index in [2.05, 4.69) is 30.6 Å². The molecular formula is C12H24N2. The molecule has 0 aromatic rings. The van der Waals surface area contributed by atoms with Gasteiger partial charge in [-0.15, -0.1) is 0 Å². The fourth-order valence-electron chi connectivity index (χ4n) is 2.89. The molecule has 3 rings (SSSR count). The van der Waals surface area contributed by atoms with Gasteiger partial charge in [0.1, 0.15) is 0 Å². The van der Waals surface area contributed by atoms with Crippen LogP contribution in [0.25, 0.3) is 0 Å². The molecule has 0 N–H and O–H groups in total. The average molecular weight is 196 g/mol. The molecule has 3 heterocycles. The van der Waals surface area contributed by atoms with E-state index in [0.717, 1.165) is 6.04 Å². The van der Waals surface area contributed by atoms with Gasteiger partial charge in [-0.2, -0.15) is 0 Å². The van der Waals surface area contributed by atoms with E-state index in [9.17, 15) is 0 Å². The van der Waals surface area contributed by atoms with E-state index < -0.39 is 0 Å². The van der Waals surface area contributed by atoms with E-state index in [4.69, 9.17) is 0 Å². The summed E-state index contributed by atoms with van der Waals surface area (Å²) in [6, 6.07) is 0.865. The van der Waals surface area contributed by atoms with Crippen molar-refractivity contribution in [2.24, 2.45) is 0 Å². The minimum absolute atomic E-state index is 0.408. The summed E-state index contributed by atoms with van der Waals surface area (Å²) in [7, 11) is 0. The standard InChI is InChI=1S/C12H24N2/c1-4-12(2,3)14-10-9-13-7-5-11(14)6-8-13/h11H,4-10H2,1-3H3. The number of hydrogen-bond acceptors (Lipinski definition) is 2. The lowest BCUT2D eigenvalue weighted by atomic mass is 9.94. The van der Waals surface area contributed by atoms with Crippen LogP contribution in [0.4, 0.5) is 0 Å². The van der Waals surface area contributed by atoms with Crippen LogP contribution < -0.4 is 0 Å². The third-order valence-corrected chi connectivity index (χ3v) is 4.30. The van der Waals surface area contributed by atoms with E-state index in [1.54, 1.807) is 0 Å². The predicted octanol–water partition coefficient (Wildman–Crippen LogP) is 1.95. The van der Waals surface area contributed by atoms with Crippen LogP contribution in [-0.4, -0.2) is 47.6 Å². The van der Waals surface area contributed by atoms with E-state index in [1.807, 2.05) is 0 Å². The van der Waals surface area contributed by atoms with E-state index in [1.165, 1.54) is 45.4 Å². The number of piperidine rings is 1. The first-order chi connectivity index (χ1) is 6.63. The lowest BCUT2D eigenvalue weighted by Crippen LogP contribution is -2.50. The van der Waals surface area contributed by atoms with Gasteiger partial charge in [0.05, 0.1) is 0 Å². The molecule has 3 saturated heterocycles. The first-order valence-electron chi connectivity index (χ1n) is 6.12. The summed E-state index contributed by atoms with van der Waals surface area (Å²) >= 11 is 0. The highest BCUT2D eigenvalue weighted by atomic mass is 15.3. The van der Waals surface area contributed by atoms with Crippen LogP contribution in [0, 0.1) is 0 Å². The van der Waals surface area contributed by atoms with Gasteiger partial charge in [0.25, 0.3) is 0 Å². The Morgan fingerprint density at radius 2 is 1.71 bits per heavy atom. The predicted molar refractivity (Wildman–Crippen MR) is 60.5 cm³/mol. The molecule has 0 aliphatic carbocycles. The smallest absolute Gasteiger partial charge is 0.0154 e. The van der Waals surface area contributed by atoms with E-state index >= 15 is 0 Å². The van der Waals surface area contributed by atoms with E-state index in [-0.39, 0.29) is 0 Å². The Balaban J connectivity index is 2.11. The molecule has 3 fully saturated rings. The largest absolute Gasteiger partial charge is 0.302 e. The van der Waals surface area contributed by atoms with Crippen molar-refractivity contribution >= 4 is 0 Å². The molecule has 0 spiro atoms. The fraction of sp³-hybridized carbons (Fsp3) is 1.00. The molecule has 2 bridgehead atoms. The molecule has 0 radical (unpaired) electrons. The number of nitrogens with zero attached hydrogens (tertiary/aromatic N) is 2. The van der Waals surface area contributed by atoms with Crippen LogP contribution in [-0.2, 0) is 0 Å². The summed E-state index contributed by atoms with van der Waals surface area (Å²) in [6.07, 6.45) is 4.05. The normalized spacial score (nSPS) is 34.5. The van der Waals surface area contributed by atoms with Crippen molar-refractivity contribution in [3.63, 3.8) is 0 Å². The Bertz CT molecular complexity index is 192. The van der Waals surface area contributed by atoms with Gasteiger partial charge >= 0.3 is 0 Å². The molecule has 0 amide bonds. The van der Waals surface area contributed by atoms with Crippen LogP contribution in [0.3, 0.4) is 0 Å². The lowest BCUT2D eigenvalue weighted by Gasteiger charge is -2.42. The van der Waals surface area contributed by atoms with Gasteiger partial charge in [-0.05, 0) is 46.2 Å². The zero-order valence-electron chi connectivity index (χ0n) is 9.92. The second-order valence-electron chi connectivity index (χ2n) is 5.43. The first-order valence-corrected chi connectivity index (χ1v) is 6.12. The fourth-order valence-corrected chi connectivity index (χ4v) is 2.89. The zero-order valence-corrected chi connectivity index (χ0v) is 9.92. The van der Waals surface area contributed by atoms with Gasteiger partial charge in [-0.1, -0.05) is 6.92 Å². The van der Waals surface area contributed by atoms with Gasteiger partial charge in [-0.25, -0.2) is 0 Å². The van der Waals surface area contributed by atoms with Crippen molar-refractivity contribution in [3.8, 4) is 0 Å². The summed E-state index contributed by atoms with van der Waals surface area (Å²) in [5.41, 5.74) is 0.408. The molecule has 82 valence electrons. The highest BCUT2D eigenvalue weighted by Gasteiger charge is 2.35. The number of hydrogen-bond donors (Lipinski definition) is 0. The van der Waals surface area contributed by atoms with Gasteiger partial charge in [0.15, 0.2) is 0 Å². The monoisotopic (exact) mass is 196 g/mol.